The van der Waals surface area contributed by atoms with Crippen LogP contribution >= 0.6 is 11.8 Å². The van der Waals surface area contributed by atoms with E-state index in [2.05, 4.69) is 66.4 Å². The summed E-state index contributed by atoms with van der Waals surface area (Å²) in [6.45, 7) is 0. The van der Waals surface area contributed by atoms with Gasteiger partial charge in [-0.25, -0.2) is 0 Å². The highest BCUT2D eigenvalue weighted by Crippen LogP contribution is 2.57. The number of ether oxygens (including phenoxy) is 1. The summed E-state index contributed by atoms with van der Waals surface area (Å²) in [6.07, 6.45) is 3.20. The summed E-state index contributed by atoms with van der Waals surface area (Å²) < 4.78 is 7.58. The van der Waals surface area contributed by atoms with Gasteiger partial charge in [-0.1, -0.05) is 30.3 Å². The number of rotatable bonds is 4. The molecule has 0 radical (unpaired) electrons. The topological polar surface area (TPSA) is 37.9 Å². The van der Waals surface area contributed by atoms with Gasteiger partial charge in [-0.05, 0) is 59.9 Å². The van der Waals surface area contributed by atoms with E-state index in [0.717, 1.165) is 28.0 Å². The van der Waals surface area contributed by atoms with Crippen molar-refractivity contribution in [3.63, 3.8) is 0 Å². The third-order valence-corrected chi connectivity index (χ3v) is 6.99. The summed E-state index contributed by atoms with van der Waals surface area (Å²) in [5.74, 6) is 1.89. The summed E-state index contributed by atoms with van der Waals surface area (Å²) >= 11 is 1.67. The number of fused-ring (bicyclic) bond motifs is 3. The van der Waals surface area contributed by atoms with Crippen LogP contribution in [-0.2, 0) is 7.05 Å². The molecule has 1 fully saturated rings. The maximum atomic E-state index is 9.96. The lowest BCUT2D eigenvalue weighted by atomic mass is 9.98. The van der Waals surface area contributed by atoms with Crippen molar-refractivity contribution in [2.45, 2.75) is 23.2 Å². The maximum Gasteiger partial charge on any atom is 0.118 e. The largest absolute Gasteiger partial charge is 0.497 e. The van der Waals surface area contributed by atoms with E-state index in [1.807, 2.05) is 12.1 Å². The third kappa shape index (κ3) is 2.73. The van der Waals surface area contributed by atoms with E-state index < -0.39 is 0 Å². The lowest BCUT2D eigenvalue weighted by Crippen LogP contribution is -1.96. The van der Waals surface area contributed by atoms with Crippen LogP contribution < -0.4 is 4.74 Å². The third-order valence-electron chi connectivity index (χ3n) is 6.23. The van der Waals surface area contributed by atoms with Crippen molar-refractivity contribution >= 4 is 33.6 Å². The Kier molecular flexibility index (Phi) is 4.29. The number of benzene rings is 3. The molecule has 3 nitrogen and oxygen atoms in total. The molecule has 0 spiro atoms. The number of thioether (sulfide) groups is 1. The first-order valence-corrected chi connectivity index (χ1v) is 11.0. The lowest BCUT2D eigenvalue weighted by Gasteiger charge is -2.11. The fourth-order valence-corrected chi connectivity index (χ4v) is 5.30. The smallest absolute Gasteiger partial charge is 0.118 e. The van der Waals surface area contributed by atoms with Crippen molar-refractivity contribution in [1.29, 1.82) is 5.26 Å². The highest BCUT2D eigenvalue weighted by molar-refractivity contribution is 7.98. The zero-order valence-corrected chi connectivity index (χ0v) is 17.6. The van der Waals surface area contributed by atoms with Crippen LogP contribution in [0.2, 0.25) is 0 Å². The Morgan fingerprint density at radius 2 is 1.86 bits per heavy atom. The fraction of sp³-hybridized carbons (Fsp3) is 0.240. The van der Waals surface area contributed by atoms with Gasteiger partial charge in [0.15, 0.2) is 0 Å². The number of nitriles is 1. The molecule has 2 atom stereocenters. The van der Waals surface area contributed by atoms with Gasteiger partial charge in [0.1, 0.15) is 11.8 Å². The SMILES string of the molecule is COc1ccc([C@H]2C[C@H]2c2cc(SC)c(C#N)c3c4ccccc4n(C)c23)cc1. The molecule has 144 valence electrons. The molecule has 0 saturated heterocycles. The molecule has 0 unspecified atom stereocenters. The minimum Gasteiger partial charge on any atom is -0.497 e. The molecular weight excluding hydrogens is 376 g/mol. The molecule has 0 amide bonds. The van der Waals surface area contributed by atoms with Crippen LogP contribution in [0.4, 0.5) is 0 Å². The normalized spacial score (nSPS) is 18.1. The van der Waals surface area contributed by atoms with Gasteiger partial charge in [0.25, 0.3) is 0 Å². The molecule has 29 heavy (non-hydrogen) atoms. The molecule has 3 aromatic carbocycles. The number of nitrogens with zero attached hydrogens (tertiary/aromatic N) is 2. The van der Waals surface area contributed by atoms with Crippen LogP contribution in [0.15, 0.2) is 59.5 Å². The van der Waals surface area contributed by atoms with Gasteiger partial charge in [-0.2, -0.15) is 5.26 Å². The Hall–Kier alpha value is -2.90. The molecule has 1 aliphatic carbocycles. The molecule has 1 saturated carbocycles. The Balaban J connectivity index is 1.71. The molecular formula is C25H22N2OS. The van der Waals surface area contributed by atoms with Crippen LogP contribution in [0.5, 0.6) is 5.75 Å². The first-order chi connectivity index (χ1) is 14.2. The average Bonchev–Trinajstić information content (AvgIpc) is 3.52. The zero-order valence-electron chi connectivity index (χ0n) is 16.8. The van der Waals surface area contributed by atoms with Crippen molar-refractivity contribution in [3.05, 3.63) is 71.3 Å². The van der Waals surface area contributed by atoms with Gasteiger partial charge in [0.2, 0.25) is 0 Å². The molecule has 1 heterocycles. The second-order valence-electron chi connectivity index (χ2n) is 7.68. The second-order valence-corrected chi connectivity index (χ2v) is 8.52. The molecule has 1 aromatic heterocycles. The summed E-state index contributed by atoms with van der Waals surface area (Å²) in [7, 11) is 3.82. The van der Waals surface area contributed by atoms with E-state index >= 15 is 0 Å². The van der Waals surface area contributed by atoms with Crippen LogP contribution in [0, 0.1) is 11.3 Å². The van der Waals surface area contributed by atoms with Crippen LogP contribution in [0.3, 0.4) is 0 Å². The highest BCUT2D eigenvalue weighted by Gasteiger charge is 2.41. The first-order valence-electron chi connectivity index (χ1n) is 9.80. The van der Waals surface area contributed by atoms with Crippen LogP contribution in [0.1, 0.15) is 34.9 Å². The number of aryl methyl sites for hydroxylation is 1. The highest BCUT2D eigenvalue weighted by atomic mass is 32.2. The Morgan fingerprint density at radius 1 is 1.10 bits per heavy atom. The van der Waals surface area contributed by atoms with Gasteiger partial charge in [-0.15, -0.1) is 11.8 Å². The minimum atomic E-state index is 0.479. The van der Waals surface area contributed by atoms with Gasteiger partial charge in [0.05, 0.1) is 18.2 Å². The maximum absolute atomic E-state index is 9.96. The van der Waals surface area contributed by atoms with E-state index in [-0.39, 0.29) is 0 Å². The van der Waals surface area contributed by atoms with E-state index in [1.165, 1.54) is 27.5 Å². The standard InChI is InChI=1S/C25H22N2OS/c1-27-22-7-5-4-6-17(22)24-21(14-26)23(29-3)13-20(25(24)27)19-12-18(19)15-8-10-16(28-2)11-9-15/h4-11,13,18-19H,12H2,1-3H3/t18-,19-/m1/s1. The Labute approximate surface area is 174 Å². The number of para-hydroxylation sites is 1. The van der Waals surface area contributed by atoms with Gasteiger partial charge < -0.3 is 9.30 Å². The zero-order chi connectivity index (χ0) is 20.1. The van der Waals surface area contributed by atoms with E-state index in [1.54, 1.807) is 18.9 Å². The van der Waals surface area contributed by atoms with Gasteiger partial charge >= 0.3 is 0 Å². The molecule has 4 heteroatoms. The van der Waals surface area contributed by atoms with Crippen LogP contribution in [-0.4, -0.2) is 17.9 Å². The monoisotopic (exact) mass is 398 g/mol. The first kappa shape index (κ1) is 18.1. The van der Waals surface area contributed by atoms with Crippen molar-refractivity contribution in [3.8, 4) is 11.8 Å². The van der Waals surface area contributed by atoms with Crippen molar-refractivity contribution < 1.29 is 4.74 Å². The predicted molar refractivity (Wildman–Crippen MR) is 120 cm³/mol. The average molecular weight is 399 g/mol. The molecule has 4 aromatic rings. The van der Waals surface area contributed by atoms with Crippen molar-refractivity contribution in [2.75, 3.05) is 13.4 Å². The number of methoxy groups -OCH3 is 1. The molecule has 5 rings (SSSR count). The van der Waals surface area contributed by atoms with E-state index in [4.69, 9.17) is 4.74 Å². The predicted octanol–water partition coefficient (Wildman–Crippen LogP) is 6.20. The van der Waals surface area contributed by atoms with E-state index in [0.29, 0.717) is 11.8 Å². The van der Waals surface area contributed by atoms with Gasteiger partial charge in [-0.3, -0.25) is 0 Å². The quantitative estimate of drug-likeness (QED) is 0.384. The summed E-state index contributed by atoms with van der Waals surface area (Å²) in [4.78, 5) is 1.08. The summed E-state index contributed by atoms with van der Waals surface area (Å²) in [6, 6.07) is 21.6. The van der Waals surface area contributed by atoms with Crippen LogP contribution in [0.25, 0.3) is 21.8 Å². The summed E-state index contributed by atoms with van der Waals surface area (Å²) in [5, 5.41) is 12.2. The van der Waals surface area contributed by atoms with Crippen molar-refractivity contribution in [1.82, 2.24) is 4.57 Å². The minimum absolute atomic E-state index is 0.479. The van der Waals surface area contributed by atoms with Crippen molar-refractivity contribution in [2.24, 2.45) is 7.05 Å². The Morgan fingerprint density at radius 3 is 2.55 bits per heavy atom. The lowest BCUT2D eigenvalue weighted by molar-refractivity contribution is 0.414. The fourth-order valence-electron chi connectivity index (χ4n) is 4.70. The van der Waals surface area contributed by atoms with Gasteiger partial charge in [0, 0.05) is 28.2 Å². The molecule has 0 N–H and O–H groups in total. The molecule has 0 bridgehead atoms. The number of hydrogen-bond acceptors (Lipinski definition) is 3. The summed E-state index contributed by atoms with van der Waals surface area (Å²) in [5.41, 5.74) is 5.91. The number of hydrogen-bond donors (Lipinski definition) is 0. The molecule has 1 aliphatic rings. The molecule has 0 aliphatic heterocycles. The second kappa shape index (κ2) is 6.86. The number of aromatic nitrogens is 1. The van der Waals surface area contributed by atoms with E-state index in [9.17, 15) is 5.26 Å². The Bertz CT molecular complexity index is 1280.